The highest BCUT2D eigenvalue weighted by Gasteiger charge is 2.05. The lowest BCUT2D eigenvalue weighted by atomic mass is 10.4. The Kier molecular flexibility index (Phi) is 4.27. The molecule has 0 radical (unpaired) electrons. The molecule has 0 aliphatic heterocycles. The summed E-state index contributed by atoms with van der Waals surface area (Å²) in [6, 6.07) is 0. The van der Waals surface area contributed by atoms with Crippen LogP contribution in [0.25, 0.3) is 0 Å². The standard InChI is InChI=1S/C6H8Cl2N4O2/c7-4-10-5(8)12-6(11-4)9-1-3(14)2-13/h3,13-14H,1-2H2,(H,9,10,11,12). The average molecular weight is 239 g/mol. The number of hydrogen-bond donors (Lipinski definition) is 3. The summed E-state index contributed by atoms with van der Waals surface area (Å²) in [6.07, 6.45) is -0.885. The molecule has 1 atom stereocenters. The first-order valence-electron chi connectivity index (χ1n) is 3.71. The Labute approximate surface area is 89.9 Å². The van der Waals surface area contributed by atoms with E-state index in [2.05, 4.69) is 20.3 Å². The first-order chi connectivity index (χ1) is 6.61. The van der Waals surface area contributed by atoms with E-state index < -0.39 is 6.10 Å². The fourth-order valence-electron chi connectivity index (χ4n) is 0.679. The molecule has 1 rings (SSSR count). The largest absolute Gasteiger partial charge is 0.394 e. The van der Waals surface area contributed by atoms with Crippen LogP contribution in [0.1, 0.15) is 0 Å². The van der Waals surface area contributed by atoms with Gasteiger partial charge in [0.1, 0.15) is 0 Å². The summed E-state index contributed by atoms with van der Waals surface area (Å²) in [5.41, 5.74) is 0. The van der Waals surface area contributed by atoms with Crippen LogP contribution in [0.15, 0.2) is 0 Å². The highest BCUT2D eigenvalue weighted by molar-refractivity contribution is 6.31. The zero-order valence-corrected chi connectivity index (χ0v) is 8.50. The Morgan fingerprint density at radius 3 is 2.29 bits per heavy atom. The summed E-state index contributed by atoms with van der Waals surface area (Å²) in [7, 11) is 0. The van der Waals surface area contributed by atoms with E-state index >= 15 is 0 Å². The van der Waals surface area contributed by atoms with Crippen molar-refractivity contribution in [1.82, 2.24) is 15.0 Å². The molecule has 3 N–H and O–H groups in total. The van der Waals surface area contributed by atoms with Crippen molar-refractivity contribution in [3.8, 4) is 0 Å². The maximum atomic E-state index is 9.01. The van der Waals surface area contributed by atoms with E-state index in [9.17, 15) is 0 Å². The Balaban J connectivity index is 2.58. The van der Waals surface area contributed by atoms with Crippen LogP contribution in [-0.4, -0.2) is 44.4 Å². The van der Waals surface area contributed by atoms with Crippen LogP contribution in [-0.2, 0) is 0 Å². The second kappa shape index (κ2) is 5.26. The molecule has 0 aromatic carbocycles. The van der Waals surface area contributed by atoms with Crippen molar-refractivity contribution in [2.24, 2.45) is 0 Å². The van der Waals surface area contributed by atoms with Gasteiger partial charge in [0, 0.05) is 6.54 Å². The Morgan fingerprint density at radius 1 is 1.21 bits per heavy atom. The lowest BCUT2D eigenvalue weighted by molar-refractivity contribution is 0.105. The molecule has 0 bridgehead atoms. The normalized spacial score (nSPS) is 12.6. The number of halogens is 2. The molecule has 0 fully saturated rings. The SMILES string of the molecule is OCC(O)CNc1nc(Cl)nc(Cl)n1. The summed E-state index contributed by atoms with van der Waals surface area (Å²) in [4.78, 5) is 10.9. The summed E-state index contributed by atoms with van der Waals surface area (Å²) < 4.78 is 0. The summed E-state index contributed by atoms with van der Waals surface area (Å²) in [5, 5.41) is 20.1. The van der Waals surface area contributed by atoms with Crippen molar-refractivity contribution < 1.29 is 10.2 Å². The van der Waals surface area contributed by atoms with Crippen molar-refractivity contribution in [1.29, 1.82) is 0 Å². The van der Waals surface area contributed by atoms with Crippen LogP contribution in [0.3, 0.4) is 0 Å². The maximum Gasteiger partial charge on any atom is 0.228 e. The van der Waals surface area contributed by atoms with Gasteiger partial charge in [-0.2, -0.15) is 15.0 Å². The summed E-state index contributed by atoms with van der Waals surface area (Å²) >= 11 is 11.0. The molecule has 0 aliphatic rings. The van der Waals surface area contributed by atoms with Gasteiger partial charge in [0.05, 0.1) is 12.7 Å². The molecule has 0 amide bonds. The number of aliphatic hydroxyl groups is 2. The quantitative estimate of drug-likeness (QED) is 0.682. The van der Waals surface area contributed by atoms with E-state index in [-0.39, 0.29) is 29.7 Å². The second-order valence-corrected chi connectivity index (χ2v) is 3.09. The minimum absolute atomic E-state index is 0.0361. The van der Waals surface area contributed by atoms with Crippen molar-refractivity contribution in [2.75, 3.05) is 18.5 Å². The van der Waals surface area contributed by atoms with Crippen LogP contribution >= 0.6 is 23.2 Å². The van der Waals surface area contributed by atoms with Gasteiger partial charge in [-0.25, -0.2) is 0 Å². The molecule has 14 heavy (non-hydrogen) atoms. The zero-order chi connectivity index (χ0) is 10.6. The molecule has 1 unspecified atom stereocenters. The maximum absolute atomic E-state index is 9.01. The number of nitrogens with one attached hydrogen (secondary N) is 1. The van der Waals surface area contributed by atoms with Gasteiger partial charge in [-0.15, -0.1) is 0 Å². The number of aliphatic hydroxyl groups excluding tert-OH is 2. The van der Waals surface area contributed by atoms with E-state index in [1.165, 1.54) is 0 Å². The molecule has 0 spiro atoms. The van der Waals surface area contributed by atoms with Crippen LogP contribution < -0.4 is 5.32 Å². The van der Waals surface area contributed by atoms with Gasteiger partial charge in [0.2, 0.25) is 16.5 Å². The van der Waals surface area contributed by atoms with Crippen molar-refractivity contribution in [2.45, 2.75) is 6.10 Å². The van der Waals surface area contributed by atoms with Crippen LogP contribution in [0.4, 0.5) is 5.95 Å². The highest BCUT2D eigenvalue weighted by Crippen LogP contribution is 2.09. The lowest BCUT2D eigenvalue weighted by Gasteiger charge is -2.08. The third-order valence-corrected chi connectivity index (χ3v) is 1.63. The Hall–Kier alpha value is -0.690. The molecule has 0 saturated carbocycles. The van der Waals surface area contributed by atoms with E-state index in [0.717, 1.165) is 0 Å². The highest BCUT2D eigenvalue weighted by atomic mass is 35.5. The molecule has 8 heteroatoms. The van der Waals surface area contributed by atoms with E-state index in [4.69, 9.17) is 33.4 Å². The molecule has 0 saturated heterocycles. The lowest BCUT2D eigenvalue weighted by Crippen LogP contribution is -2.23. The van der Waals surface area contributed by atoms with Gasteiger partial charge in [-0.3, -0.25) is 0 Å². The number of rotatable bonds is 4. The smallest absolute Gasteiger partial charge is 0.228 e. The molecule has 78 valence electrons. The minimum atomic E-state index is -0.885. The topological polar surface area (TPSA) is 91.2 Å². The molecule has 1 heterocycles. The van der Waals surface area contributed by atoms with Crippen LogP contribution in [0.5, 0.6) is 0 Å². The Bertz CT molecular complexity index is 292. The molecule has 1 aromatic heterocycles. The van der Waals surface area contributed by atoms with E-state index in [1.54, 1.807) is 0 Å². The fourth-order valence-corrected chi connectivity index (χ4v) is 1.04. The zero-order valence-electron chi connectivity index (χ0n) is 6.98. The molecular weight excluding hydrogens is 231 g/mol. The fraction of sp³-hybridized carbons (Fsp3) is 0.500. The van der Waals surface area contributed by atoms with Gasteiger partial charge in [0.25, 0.3) is 0 Å². The third-order valence-electron chi connectivity index (χ3n) is 1.29. The van der Waals surface area contributed by atoms with Gasteiger partial charge >= 0.3 is 0 Å². The van der Waals surface area contributed by atoms with Crippen molar-refractivity contribution >= 4 is 29.2 Å². The minimum Gasteiger partial charge on any atom is -0.394 e. The van der Waals surface area contributed by atoms with Crippen molar-refractivity contribution in [3.05, 3.63) is 10.6 Å². The third kappa shape index (κ3) is 3.59. The first-order valence-corrected chi connectivity index (χ1v) is 4.47. The number of anilines is 1. The number of hydrogen-bond acceptors (Lipinski definition) is 6. The number of aromatic nitrogens is 3. The van der Waals surface area contributed by atoms with Gasteiger partial charge in [0.15, 0.2) is 0 Å². The van der Waals surface area contributed by atoms with E-state index in [0.29, 0.717) is 0 Å². The van der Waals surface area contributed by atoms with Crippen LogP contribution in [0.2, 0.25) is 10.6 Å². The second-order valence-electron chi connectivity index (χ2n) is 2.41. The summed E-state index contributed by atoms with van der Waals surface area (Å²) in [5.74, 6) is 0.155. The predicted molar refractivity (Wildman–Crippen MR) is 51.4 cm³/mol. The summed E-state index contributed by atoms with van der Waals surface area (Å²) in [6.45, 7) is -0.243. The van der Waals surface area contributed by atoms with Crippen LogP contribution in [0, 0.1) is 0 Å². The predicted octanol–water partition coefficient (Wildman–Crippen LogP) is -0.0565. The Morgan fingerprint density at radius 2 is 1.79 bits per heavy atom. The van der Waals surface area contributed by atoms with Gasteiger partial charge in [-0.1, -0.05) is 0 Å². The van der Waals surface area contributed by atoms with Crippen molar-refractivity contribution in [3.63, 3.8) is 0 Å². The molecule has 0 aliphatic carbocycles. The van der Waals surface area contributed by atoms with Gasteiger partial charge in [-0.05, 0) is 23.2 Å². The average Bonchev–Trinajstić information content (AvgIpc) is 2.12. The monoisotopic (exact) mass is 238 g/mol. The first kappa shape index (κ1) is 11.4. The number of nitrogens with zero attached hydrogens (tertiary/aromatic N) is 3. The molecular formula is C6H8Cl2N4O2. The van der Waals surface area contributed by atoms with E-state index in [1.807, 2.05) is 0 Å². The van der Waals surface area contributed by atoms with Gasteiger partial charge < -0.3 is 15.5 Å². The molecule has 1 aromatic rings. The molecule has 6 nitrogen and oxygen atoms in total.